The van der Waals surface area contributed by atoms with Crippen LogP contribution in [-0.2, 0) is 30.8 Å². The summed E-state index contributed by atoms with van der Waals surface area (Å²) in [6.07, 6.45) is 0. The summed E-state index contributed by atoms with van der Waals surface area (Å²) in [5.41, 5.74) is 1.60. The van der Waals surface area contributed by atoms with Gasteiger partial charge < -0.3 is 48.9 Å². The van der Waals surface area contributed by atoms with E-state index in [2.05, 4.69) is 16.0 Å². The molecule has 2 aromatic carbocycles. The molecule has 0 spiro atoms. The van der Waals surface area contributed by atoms with Crippen molar-refractivity contribution in [3.05, 3.63) is 58.4 Å². The molecule has 13 nitrogen and oxygen atoms in total. The minimum absolute atomic E-state index is 0.0163. The lowest BCUT2D eigenvalue weighted by atomic mass is 10.1. The largest absolute Gasteiger partial charge is 0.486 e. The summed E-state index contributed by atoms with van der Waals surface area (Å²) >= 11 is 0. The molecule has 0 fully saturated rings. The number of carbonyl (C=O) groups excluding carboxylic acids is 2. The first-order valence-electron chi connectivity index (χ1n) is 14.6. The molecule has 0 saturated heterocycles. The van der Waals surface area contributed by atoms with Crippen molar-refractivity contribution in [3.8, 4) is 11.5 Å². The van der Waals surface area contributed by atoms with E-state index < -0.39 is 5.91 Å². The average Bonchev–Trinajstić information content (AvgIpc) is 3.03. The van der Waals surface area contributed by atoms with Crippen LogP contribution in [0.1, 0.15) is 17.3 Å². The first-order chi connectivity index (χ1) is 21.5. The molecule has 4 rings (SSSR count). The van der Waals surface area contributed by atoms with Crippen LogP contribution in [0.3, 0.4) is 0 Å². The number of anilines is 2. The third-order valence-corrected chi connectivity index (χ3v) is 6.63. The monoisotopic (exact) mass is 612 g/mol. The Morgan fingerprint density at radius 1 is 0.818 bits per heavy atom. The van der Waals surface area contributed by atoms with E-state index in [1.165, 1.54) is 10.6 Å². The highest BCUT2D eigenvalue weighted by Gasteiger charge is 2.17. The molecule has 1 aliphatic rings. The summed E-state index contributed by atoms with van der Waals surface area (Å²) in [5, 5.41) is 9.26. The normalized spacial score (nSPS) is 12.2. The number of rotatable bonds is 18. The Labute approximate surface area is 255 Å². The first kappa shape index (κ1) is 32.7. The maximum atomic E-state index is 13.3. The highest BCUT2D eigenvalue weighted by Crippen LogP contribution is 2.33. The van der Waals surface area contributed by atoms with E-state index in [9.17, 15) is 14.4 Å². The topological polar surface area (TPSA) is 148 Å². The van der Waals surface area contributed by atoms with E-state index in [4.69, 9.17) is 28.4 Å². The molecule has 0 bridgehead atoms. The van der Waals surface area contributed by atoms with Gasteiger partial charge in [0.15, 0.2) is 11.5 Å². The number of ether oxygens (including phenoxy) is 6. The molecule has 0 radical (unpaired) electrons. The third kappa shape index (κ3) is 9.67. The molecular formula is C31H40N4O9. The molecule has 0 atom stereocenters. The number of pyridine rings is 1. The van der Waals surface area contributed by atoms with E-state index in [1.54, 1.807) is 43.4 Å². The summed E-state index contributed by atoms with van der Waals surface area (Å²) in [4.78, 5) is 38.3. The zero-order valence-electron chi connectivity index (χ0n) is 25.1. The second-order valence-corrected chi connectivity index (χ2v) is 9.74. The Kier molecular flexibility index (Phi) is 12.8. The van der Waals surface area contributed by atoms with Gasteiger partial charge in [0.2, 0.25) is 5.91 Å². The van der Waals surface area contributed by atoms with E-state index >= 15 is 0 Å². The smallest absolute Gasteiger partial charge is 0.256 e. The predicted octanol–water partition coefficient (Wildman–Crippen LogP) is 2.18. The van der Waals surface area contributed by atoms with Gasteiger partial charge in [-0.1, -0.05) is 0 Å². The molecule has 13 heteroatoms. The number of amides is 2. The Balaban J connectivity index is 1.23. The number of fused-ring (bicyclic) bond motifs is 2. The van der Waals surface area contributed by atoms with E-state index in [0.29, 0.717) is 106 Å². The van der Waals surface area contributed by atoms with Crippen LogP contribution in [0, 0.1) is 0 Å². The second kappa shape index (κ2) is 17.2. The molecule has 3 N–H and O–H groups in total. The van der Waals surface area contributed by atoms with Crippen molar-refractivity contribution in [3.63, 3.8) is 0 Å². The van der Waals surface area contributed by atoms with Gasteiger partial charge in [-0.15, -0.1) is 0 Å². The summed E-state index contributed by atoms with van der Waals surface area (Å²) in [6, 6.07) is 11.7. The van der Waals surface area contributed by atoms with Gasteiger partial charge >= 0.3 is 0 Å². The molecule has 1 aromatic heterocycles. The highest BCUT2D eigenvalue weighted by molar-refractivity contribution is 6.13. The molecule has 3 aromatic rings. The van der Waals surface area contributed by atoms with Crippen LogP contribution in [0.4, 0.5) is 11.4 Å². The van der Waals surface area contributed by atoms with Crippen molar-refractivity contribution < 1.29 is 38.0 Å². The van der Waals surface area contributed by atoms with Crippen molar-refractivity contribution in [2.24, 2.45) is 7.05 Å². The van der Waals surface area contributed by atoms with E-state index in [-0.39, 0.29) is 23.6 Å². The molecule has 0 saturated carbocycles. The summed E-state index contributed by atoms with van der Waals surface area (Å²) < 4.78 is 34.1. The van der Waals surface area contributed by atoms with Gasteiger partial charge in [-0.25, -0.2) is 0 Å². The van der Waals surface area contributed by atoms with Gasteiger partial charge in [0.05, 0.1) is 63.9 Å². The first-order valence-corrected chi connectivity index (χ1v) is 14.6. The Bertz CT molecular complexity index is 1460. The lowest BCUT2D eigenvalue weighted by Crippen LogP contribution is -2.32. The molecule has 0 aliphatic carbocycles. The van der Waals surface area contributed by atoms with Crippen LogP contribution in [-0.4, -0.2) is 95.5 Å². The standard InChI is InChI=1S/C31H40N4O9/c1-3-39-10-11-41-14-15-42-13-12-40-9-8-32-29(36)21-33-22-4-6-26-24(18-22)25(20-30(37)35(26)2)31(38)34-23-5-7-27-28(19-23)44-17-16-43-27/h4-7,18-20,33H,3,8-17,21H2,1-2H3,(H,32,36)(H,34,38). The van der Waals surface area contributed by atoms with Gasteiger partial charge in [0.1, 0.15) is 13.2 Å². The van der Waals surface area contributed by atoms with Crippen LogP contribution in [0.25, 0.3) is 10.9 Å². The Morgan fingerprint density at radius 3 is 2.20 bits per heavy atom. The zero-order valence-corrected chi connectivity index (χ0v) is 25.1. The van der Waals surface area contributed by atoms with Crippen LogP contribution in [0.15, 0.2) is 47.3 Å². The van der Waals surface area contributed by atoms with Crippen molar-refractivity contribution in [1.82, 2.24) is 9.88 Å². The zero-order chi connectivity index (χ0) is 31.1. The Morgan fingerprint density at radius 2 is 1.48 bits per heavy atom. The quantitative estimate of drug-likeness (QED) is 0.183. The average molecular weight is 613 g/mol. The van der Waals surface area contributed by atoms with Gasteiger partial charge in [-0.2, -0.15) is 0 Å². The van der Waals surface area contributed by atoms with Gasteiger partial charge in [-0.3, -0.25) is 14.4 Å². The number of benzene rings is 2. The highest BCUT2D eigenvalue weighted by atomic mass is 16.6. The second-order valence-electron chi connectivity index (χ2n) is 9.74. The number of carbonyl (C=O) groups is 2. The van der Waals surface area contributed by atoms with Gasteiger partial charge in [0, 0.05) is 49.1 Å². The van der Waals surface area contributed by atoms with E-state index in [0.717, 1.165) is 0 Å². The number of nitrogens with one attached hydrogen (secondary N) is 3. The molecule has 2 heterocycles. The number of hydrogen-bond acceptors (Lipinski definition) is 10. The lowest BCUT2D eigenvalue weighted by Gasteiger charge is -2.19. The fourth-order valence-corrected chi connectivity index (χ4v) is 4.39. The number of hydrogen-bond donors (Lipinski definition) is 3. The van der Waals surface area contributed by atoms with Crippen molar-refractivity contribution in [1.29, 1.82) is 0 Å². The van der Waals surface area contributed by atoms with Gasteiger partial charge in [0.25, 0.3) is 11.5 Å². The number of nitrogens with zero attached hydrogens (tertiary/aromatic N) is 1. The molecule has 238 valence electrons. The fraction of sp³-hybridized carbons (Fsp3) is 0.452. The lowest BCUT2D eigenvalue weighted by molar-refractivity contribution is -0.119. The molecule has 2 amide bonds. The summed E-state index contributed by atoms with van der Waals surface area (Å²) in [5.74, 6) is 0.484. The van der Waals surface area contributed by atoms with E-state index in [1.807, 2.05) is 6.92 Å². The minimum Gasteiger partial charge on any atom is -0.486 e. The maximum Gasteiger partial charge on any atom is 0.256 e. The minimum atomic E-state index is -0.449. The van der Waals surface area contributed by atoms with Crippen molar-refractivity contribution in [2.45, 2.75) is 6.92 Å². The number of aromatic nitrogens is 1. The third-order valence-electron chi connectivity index (χ3n) is 6.63. The molecule has 0 unspecified atom stereocenters. The molecule has 1 aliphatic heterocycles. The van der Waals surface area contributed by atoms with Crippen LogP contribution >= 0.6 is 0 Å². The van der Waals surface area contributed by atoms with Crippen molar-refractivity contribution >= 4 is 34.1 Å². The van der Waals surface area contributed by atoms with Crippen LogP contribution in [0.2, 0.25) is 0 Å². The van der Waals surface area contributed by atoms with Gasteiger partial charge in [-0.05, 0) is 37.3 Å². The fourth-order valence-electron chi connectivity index (χ4n) is 4.39. The SMILES string of the molecule is CCOCCOCCOCCOCCNC(=O)CNc1ccc2c(c1)c(C(=O)Nc1ccc3c(c1)OCCO3)cc(=O)n2C. The maximum absolute atomic E-state index is 13.3. The molecular weight excluding hydrogens is 572 g/mol. The van der Waals surface area contributed by atoms with Crippen LogP contribution < -0.4 is 31.0 Å². The molecule has 44 heavy (non-hydrogen) atoms. The Hall–Kier alpha value is -4.17. The predicted molar refractivity (Wildman–Crippen MR) is 165 cm³/mol. The summed E-state index contributed by atoms with van der Waals surface area (Å²) in [6.45, 7) is 7.19. The van der Waals surface area contributed by atoms with Crippen LogP contribution in [0.5, 0.6) is 11.5 Å². The number of aryl methyl sites for hydroxylation is 1. The van der Waals surface area contributed by atoms with Crippen molar-refractivity contribution in [2.75, 3.05) is 89.8 Å². The summed E-state index contributed by atoms with van der Waals surface area (Å²) in [7, 11) is 1.64.